The molecule has 188 valence electrons. The molecular weight excluding hydrogens is 496 g/mol. The van der Waals surface area contributed by atoms with Gasteiger partial charge in [-0.25, -0.2) is 9.59 Å². The number of methoxy groups -OCH3 is 5. The van der Waals surface area contributed by atoms with E-state index < -0.39 is 17.9 Å². The minimum Gasteiger partial charge on any atom is -0.506 e. The van der Waals surface area contributed by atoms with Crippen LogP contribution in [0.3, 0.4) is 0 Å². The Balaban J connectivity index is 2.40. The maximum absolute atomic E-state index is 12.4. The molecular formula is C24H26O9S2. The fraction of sp³-hybridized carbons (Fsp3) is 0.333. The molecule has 3 aromatic rings. The van der Waals surface area contributed by atoms with Gasteiger partial charge in [0.05, 0.1) is 51.2 Å². The molecule has 0 unspecified atom stereocenters. The standard InChI is InChI=1S/C24H26O9S2/c1-10-15(23(27)32-6)18(25)21(34-10)17(22-19(26)16(11(2)35-22)24(28)33-7)12-8-13(29-3)20(31-5)14(9-12)30-4/h8-9,17,25-26H,1-7H3. The average molecular weight is 523 g/mol. The van der Waals surface area contributed by atoms with Crippen LogP contribution in [0.2, 0.25) is 0 Å². The van der Waals surface area contributed by atoms with Crippen molar-refractivity contribution in [3.63, 3.8) is 0 Å². The van der Waals surface area contributed by atoms with Crippen LogP contribution < -0.4 is 14.2 Å². The summed E-state index contributed by atoms with van der Waals surface area (Å²) in [6, 6.07) is 3.37. The van der Waals surface area contributed by atoms with Gasteiger partial charge in [-0.15, -0.1) is 22.7 Å². The Hall–Kier alpha value is -3.44. The van der Waals surface area contributed by atoms with E-state index in [0.29, 0.717) is 42.3 Å². The highest BCUT2D eigenvalue weighted by atomic mass is 32.1. The largest absolute Gasteiger partial charge is 0.506 e. The van der Waals surface area contributed by atoms with Gasteiger partial charge >= 0.3 is 11.9 Å². The second-order valence-electron chi connectivity index (χ2n) is 7.37. The molecule has 0 saturated heterocycles. The zero-order valence-electron chi connectivity index (χ0n) is 20.3. The molecule has 0 amide bonds. The summed E-state index contributed by atoms with van der Waals surface area (Å²) in [6.07, 6.45) is 0. The van der Waals surface area contributed by atoms with Crippen LogP contribution in [0, 0.1) is 13.8 Å². The number of carbonyl (C=O) groups is 2. The van der Waals surface area contributed by atoms with Crippen LogP contribution in [-0.2, 0) is 9.47 Å². The summed E-state index contributed by atoms with van der Waals surface area (Å²) in [4.78, 5) is 26.5. The molecule has 0 aliphatic heterocycles. The Morgan fingerprint density at radius 1 is 0.743 bits per heavy atom. The summed E-state index contributed by atoms with van der Waals surface area (Å²) in [5.74, 6) is -1.65. The van der Waals surface area contributed by atoms with Gasteiger partial charge in [0, 0.05) is 9.75 Å². The van der Waals surface area contributed by atoms with E-state index in [-0.39, 0.29) is 22.6 Å². The van der Waals surface area contributed by atoms with Crippen molar-refractivity contribution in [2.75, 3.05) is 35.5 Å². The molecule has 0 saturated carbocycles. The number of hydrogen-bond acceptors (Lipinski definition) is 11. The predicted molar refractivity (Wildman–Crippen MR) is 131 cm³/mol. The average Bonchev–Trinajstić information content (AvgIpc) is 3.31. The van der Waals surface area contributed by atoms with Crippen LogP contribution in [-0.4, -0.2) is 57.7 Å². The Bertz CT molecular complexity index is 1180. The van der Waals surface area contributed by atoms with Gasteiger partial charge < -0.3 is 33.9 Å². The molecule has 11 heteroatoms. The highest BCUT2D eigenvalue weighted by Gasteiger charge is 2.35. The lowest BCUT2D eigenvalue weighted by molar-refractivity contribution is 0.0588. The lowest BCUT2D eigenvalue weighted by Gasteiger charge is -2.20. The number of benzene rings is 1. The van der Waals surface area contributed by atoms with E-state index in [2.05, 4.69) is 0 Å². The second kappa shape index (κ2) is 10.4. The third-order valence-electron chi connectivity index (χ3n) is 5.49. The summed E-state index contributed by atoms with van der Waals surface area (Å²) < 4.78 is 26.1. The van der Waals surface area contributed by atoms with E-state index in [0.717, 1.165) is 0 Å². The van der Waals surface area contributed by atoms with E-state index in [1.165, 1.54) is 58.2 Å². The Morgan fingerprint density at radius 2 is 1.14 bits per heavy atom. The summed E-state index contributed by atoms with van der Waals surface area (Å²) >= 11 is 2.35. The van der Waals surface area contributed by atoms with Crippen molar-refractivity contribution in [1.29, 1.82) is 0 Å². The van der Waals surface area contributed by atoms with E-state index in [9.17, 15) is 19.8 Å². The van der Waals surface area contributed by atoms with Crippen molar-refractivity contribution in [2.45, 2.75) is 19.8 Å². The van der Waals surface area contributed by atoms with Crippen molar-refractivity contribution in [1.82, 2.24) is 0 Å². The molecule has 0 bridgehead atoms. The molecule has 1 aromatic carbocycles. The number of aromatic hydroxyl groups is 2. The molecule has 0 fully saturated rings. The van der Waals surface area contributed by atoms with Crippen LogP contribution in [0.1, 0.15) is 51.7 Å². The molecule has 2 aromatic heterocycles. The van der Waals surface area contributed by atoms with Gasteiger partial charge in [0.25, 0.3) is 0 Å². The molecule has 0 aliphatic rings. The highest BCUT2D eigenvalue weighted by molar-refractivity contribution is 7.14. The summed E-state index contributed by atoms with van der Waals surface area (Å²) in [5, 5.41) is 22.3. The predicted octanol–water partition coefficient (Wildman–Crippen LogP) is 4.62. The lowest BCUT2D eigenvalue weighted by Crippen LogP contribution is -2.06. The van der Waals surface area contributed by atoms with Gasteiger partial charge in [0.1, 0.15) is 22.6 Å². The van der Waals surface area contributed by atoms with Gasteiger partial charge in [0.15, 0.2) is 11.5 Å². The molecule has 0 atom stereocenters. The summed E-state index contributed by atoms with van der Waals surface area (Å²) in [6.45, 7) is 3.37. The first-order valence-corrected chi connectivity index (χ1v) is 11.9. The third kappa shape index (κ3) is 4.48. The molecule has 9 nitrogen and oxygen atoms in total. The maximum atomic E-state index is 12.4. The fourth-order valence-electron chi connectivity index (χ4n) is 3.87. The zero-order valence-corrected chi connectivity index (χ0v) is 21.9. The van der Waals surface area contributed by atoms with E-state index >= 15 is 0 Å². The van der Waals surface area contributed by atoms with E-state index in [1.54, 1.807) is 26.0 Å². The molecule has 0 spiro atoms. The van der Waals surface area contributed by atoms with Crippen molar-refractivity contribution < 1.29 is 43.5 Å². The minimum absolute atomic E-state index is 0.0332. The van der Waals surface area contributed by atoms with Crippen LogP contribution in [0.15, 0.2) is 12.1 Å². The first-order chi connectivity index (χ1) is 16.6. The van der Waals surface area contributed by atoms with E-state index in [4.69, 9.17) is 23.7 Å². The topological polar surface area (TPSA) is 121 Å². The molecule has 35 heavy (non-hydrogen) atoms. The maximum Gasteiger partial charge on any atom is 0.342 e. The number of thiophene rings is 2. The summed E-state index contributed by atoms with van der Waals surface area (Å²) in [5.41, 5.74) is 0.622. The molecule has 0 aliphatic carbocycles. The molecule has 0 radical (unpaired) electrons. The van der Waals surface area contributed by atoms with Crippen LogP contribution in [0.5, 0.6) is 28.7 Å². The number of rotatable bonds is 8. The molecule has 2 heterocycles. The monoisotopic (exact) mass is 522 g/mol. The third-order valence-corrected chi connectivity index (χ3v) is 7.81. The fourth-order valence-corrected chi connectivity index (χ4v) is 6.31. The van der Waals surface area contributed by atoms with Crippen molar-refractivity contribution in [3.05, 3.63) is 48.3 Å². The van der Waals surface area contributed by atoms with E-state index in [1.807, 2.05) is 0 Å². The van der Waals surface area contributed by atoms with Gasteiger partial charge in [0.2, 0.25) is 5.75 Å². The van der Waals surface area contributed by atoms with Gasteiger partial charge in [-0.2, -0.15) is 0 Å². The number of aryl methyl sites for hydroxylation is 2. The second-order valence-corrected chi connectivity index (χ2v) is 9.88. The Morgan fingerprint density at radius 3 is 1.46 bits per heavy atom. The van der Waals surface area contributed by atoms with Crippen molar-refractivity contribution in [2.24, 2.45) is 0 Å². The van der Waals surface area contributed by atoms with Gasteiger partial charge in [-0.1, -0.05) is 0 Å². The Kier molecular flexibility index (Phi) is 7.81. The van der Waals surface area contributed by atoms with Crippen LogP contribution in [0.4, 0.5) is 0 Å². The first kappa shape index (κ1) is 26.2. The number of ether oxygens (including phenoxy) is 5. The number of esters is 2. The Labute approximate surface area is 210 Å². The quantitative estimate of drug-likeness (QED) is 0.408. The normalized spacial score (nSPS) is 10.9. The van der Waals surface area contributed by atoms with Gasteiger partial charge in [-0.3, -0.25) is 0 Å². The van der Waals surface area contributed by atoms with Crippen LogP contribution >= 0.6 is 22.7 Å². The van der Waals surface area contributed by atoms with Crippen LogP contribution in [0.25, 0.3) is 0 Å². The summed E-state index contributed by atoms with van der Waals surface area (Å²) in [7, 11) is 6.88. The smallest absolute Gasteiger partial charge is 0.342 e. The molecule has 3 rings (SSSR count). The van der Waals surface area contributed by atoms with Gasteiger partial charge in [-0.05, 0) is 31.5 Å². The number of carbonyl (C=O) groups excluding carboxylic acids is 2. The first-order valence-electron chi connectivity index (χ1n) is 10.3. The number of hydrogen-bond donors (Lipinski definition) is 2. The van der Waals surface area contributed by atoms with Crippen molar-refractivity contribution in [3.8, 4) is 28.7 Å². The SMILES string of the molecule is COC(=O)c1c(C)sc(C(c2cc(OC)c(OC)c(OC)c2)c2sc(C)c(C(=O)OC)c2O)c1O. The lowest BCUT2D eigenvalue weighted by atomic mass is 9.92. The van der Waals surface area contributed by atoms with Crippen molar-refractivity contribution >= 4 is 34.6 Å². The minimum atomic E-state index is -0.798. The molecule has 2 N–H and O–H groups in total. The highest BCUT2D eigenvalue weighted by Crippen LogP contribution is 2.52. The zero-order chi connectivity index (χ0) is 26.0.